The van der Waals surface area contributed by atoms with Crippen molar-refractivity contribution in [3.8, 4) is 0 Å². The highest BCUT2D eigenvalue weighted by Crippen LogP contribution is 2.40. The molecule has 0 radical (unpaired) electrons. The number of carboxylic acid groups (broad SMARTS) is 1. The van der Waals surface area contributed by atoms with Crippen molar-refractivity contribution in [2.24, 2.45) is 17.8 Å². The number of allylic oxidation sites excluding steroid dienone is 2. The second-order valence-electron chi connectivity index (χ2n) is 8.99. The summed E-state index contributed by atoms with van der Waals surface area (Å²) in [5, 5.41) is 16.2. The average Bonchev–Trinajstić information content (AvgIpc) is 3.34. The van der Waals surface area contributed by atoms with Crippen LogP contribution in [0.15, 0.2) is 12.2 Å². The van der Waals surface area contributed by atoms with Gasteiger partial charge in [-0.2, -0.15) is 0 Å². The maximum atomic E-state index is 13.2. The maximum absolute atomic E-state index is 13.2. The van der Waals surface area contributed by atoms with E-state index < -0.39 is 17.8 Å². The number of anilines is 1. The van der Waals surface area contributed by atoms with Crippen LogP contribution in [0.25, 0.3) is 0 Å². The van der Waals surface area contributed by atoms with Crippen LogP contribution in [-0.2, 0) is 22.4 Å². The summed E-state index contributed by atoms with van der Waals surface area (Å²) < 4.78 is 0. The Morgan fingerprint density at radius 3 is 2.47 bits per heavy atom. The first-order chi connectivity index (χ1) is 14.4. The zero-order valence-corrected chi connectivity index (χ0v) is 18.2. The van der Waals surface area contributed by atoms with Gasteiger partial charge in [0.15, 0.2) is 0 Å². The number of carbonyl (C=O) groups is 3. The lowest BCUT2D eigenvalue weighted by Crippen LogP contribution is -2.36. The fourth-order valence-corrected chi connectivity index (χ4v) is 6.40. The Kier molecular flexibility index (Phi) is 6.27. The highest BCUT2D eigenvalue weighted by molar-refractivity contribution is 7.17. The predicted octanol–water partition coefficient (Wildman–Crippen LogP) is 4.15. The molecule has 3 unspecified atom stereocenters. The molecular weight excluding hydrogens is 400 g/mol. The van der Waals surface area contributed by atoms with E-state index in [4.69, 9.17) is 0 Å². The van der Waals surface area contributed by atoms with Crippen molar-refractivity contribution in [1.29, 1.82) is 0 Å². The third-order valence-corrected chi connectivity index (χ3v) is 7.92. The van der Waals surface area contributed by atoms with Crippen molar-refractivity contribution < 1.29 is 19.5 Å². The van der Waals surface area contributed by atoms with Gasteiger partial charge in [-0.3, -0.25) is 14.4 Å². The minimum absolute atomic E-state index is 0.0948. The van der Waals surface area contributed by atoms with Gasteiger partial charge in [-0.05, 0) is 56.4 Å². The van der Waals surface area contributed by atoms with E-state index >= 15 is 0 Å². The smallest absolute Gasteiger partial charge is 0.307 e. The molecule has 3 aliphatic carbocycles. The fraction of sp³-hybridized carbons (Fsp3) is 0.609. The molecule has 1 heterocycles. The Balaban J connectivity index is 1.60. The highest BCUT2D eigenvalue weighted by Gasteiger charge is 2.36. The molecule has 0 bridgehead atoms. The zero-order chi connectivity index (χ0) is 21.3. The van der Waals surface area contributed by atoms with Crippen molar-refractivity contribution in [3.05, 3.63) is 28.2 Å². The number of amides is 2. The molecule has 1 saturated carbocycles. The SMILES string of the molecule is CC1CCc2c(sc(NC(=O)C3CC=CCC3C(=O)O)c2C(=O)NC2CCCC2)C1. The number of carboxylic acids is 1. The van der Waals surface area contributed by atoms with E-state index in [-0.39, 0.29) is 17.9 Å². The van der Waals surface area contributed by atoms with Crippen molar-refractivity contribution >= 4 is 34.1 Å². The zero-order valence-electron chi connectivity index (χ0n) is 17.4. The number of rotatable bonds is 5. The van der Waals surface area contributed by atoms with Gasteiger partial charge in [0, 0.05) is 10.9 Å². The summed E-state index contributed by atoms with van der Waals surface area (Å²) in [5.74, 6) is -2.11. The van der Waals surface area contributed by atoms with Crippen LogP contribution < -0.4 is 10.6 Å². The van der Waals surface area contributed by atoms with Gasteiger partial charge >= 0.3 is 5.97 Å². The monoisotopic (exact) mass is 430 g/mol. The fourth-order valence-electron chi connectivity index (χ4n) is 4.99. The van der Waals surface area contributed by atoms with Gasteiger partial charge in [0.2, 0.25) is 5.91 Å². The molecule has 3 atom stereocenters. The average molecular weight is 431 g/mol. The largest absolute Gasteiger partial charge is 0.481 e. The van der Waals surface area contributed by atoms with E-state index in [1.807, 2.05) is 12.2 Å². The van der Waals surface area contributed by atoms with Crippen molar-refractivity contribution in [2.45, 2.75) is 70.8 Å². The van der Waals surface area contributed by atoms with Gasteiger partial charge in [-0.25, -0.2) is 0 Å². The van der Waals surface area contributed by atoms with Crippen LogP contribution >= 0.6 is 11.3 Å². The summed E-state index contributed by atoms with van der Waals surface area (Å²) in [7, 11) is 0. The van der Waals surface area contributed by atoms with Gasteiger partial charge in [0.25, 0.3) is 5.91 Å². The summed E-state index contributed by atoms with van der Waals surface area (Å²) in [4.78, 5) is 39.0. The summed E-state index contributed by atoms with van der Waals surface area (Å²) in [6, 6.07) is 0.207. The van der Waals surface area contributed by atoms with Gasteiger partial charge in [0.05, 0.1) is 17.4 Å². The Bertz CT molecular complexity index is 869. The standard InChI is InChI=1S/C23H30N2O4S/c1-13-10-11-17-18(12-13)30-22(19(17)21(27)24-14-6-2-3-7-14)25-20(26)15-8-4-5-9-16(15)23(28)29/h4-5,13-16H,2-3,6-12H2,1H3,(H,24,27)(H,25,26)(H,28,29). The third-order valence-electron chi connectivity index (χ3n) is 6.75. The van der Waals surface area contributed by atoms with Crippen LogP contribution in [-0.4, -0.2) is 28.9 Å². The van der Waals surface area contributed by atoms with E-state index in [1.165, 1.54) is 16.2 Å². The Hall–Kier alpha value is -2.15. The summed E-state index contributed by atoms with van der Waals surface area (Å²) in [6.07, 6.45) is 11.6. The second-order valence-corrected chi connectivity index (χ2v) is 10.1. The lowest BCUT2D eigenvalue weighted by Gasteiger charge is -2.24. The number of nitrogens with one attached hydrogen (secondary N) is 2. The van der Waals surface area contributed by atoms with Crippen molar-refractivity contribution in [1.82, 2.24) is 5.32 Å². The molecule has 30 heavy (non-hydrogen) atoms. The van der Waals surface area contributed by atoms with Gasteiger partial charge < -0.3 is 15.7 Å². The minimum atomic E-state index is -0.946. The Morgan fingerprint density at radius 2 is 1.77 bits per heavy atom. The van der Waals surface area contributed by atoms with Crippen molar-refractivity contribution in [2.75, 3.05) is 5.32 Å². The van der Waals surface area contributed by atoms with Crippen molar-refractivity contribution in [3.63, 3.8) is 0 Å². The summed E-state index contributed by atoms with van der Waals surface area (Å²) in [6.45, 7) is 2.21. The number of aliphatic carboxylic acids is 1. The predicted molar refractivity (Wildman–Crippen MR) is 117 cm³/mol. The molecule has 0 spiro atoms. The van der Waals surface area contributed by atoms with Crippen LogP contribution in [0.4, 0.5) is 5.00 Å². The topological polar surface area (TPSA) is 95.5 Å². The number of hydrogen-bond donors (Lipinski definition) is 3. The lowest BCUT2D eigenvalue weighted by atomic mass is 9.82. The van der Waals surface area contributed by atoms with E-state index in [9.17, 15) is 19.5 Å². The van der Waals surface area contributed by atoms with Crippen LogP contribution in [0.1, 0.15) is 72.7 Å². The maximum Gasteiger partial charge on any atom is 0.307 e. The first-order valence-corrected chi connectivity index (χ1v) is 11.9. The normalized spacial score (nSPS) is 26.2. The van der Waals surface area contributed by atoms with E-state index in [2.05, 4.69) is 17.6 Å². The molecule has 4 rings (SSSR count). The summed E-state index contributed by atoms with van der Waals surface area (Å²) >= 11 is 1.50. The number of hydrogen-bond acceptors (Lipinski definition) is 4. The molecule has 1 aromatic heterocycles. The van der Waals surface area contributed by atoms with Crippen LogP contribution in [0.3, 0.4) is 0 Å². The van der Waals surface area contributed by atoms with Crippen LogP contribution in [0.2, 0.25) is 0 Å². The third kappa shape index (κ3) is 4.31. The quantitative estimate of drug-likeness (QED) is 0.612. The minimum Gasteiger partial charge on any atom is -0.481 e. The Morgan fingerprint density at radius 1 is 1.07 bits per heavy atom. The Labute approximate surface area is 181 Å². The van der Waals surface area contributed by atoms with E-state index in [0.29, 0.717) is 29.3 Å². The molecule has 0 saturated heterocycles. The molecule has 3 N–H and O–H groups in total. The summed E-state index contributed by atoms with van der Waals surface area (Å²) in [5.41, 5.74) is 1.68. The molecule has 1 fully saturated rings. The lowest BCUT2D eigenvalue weighted by molar-refractivity contribution is -0.146. The van der Waals surface area contributed by atoms with Crippen LogP contribution in [0, 0.1) is 17.8 Å². The van der Waals surface area contributed by atoms with Gasteiger partial charge in [-0.1, -0.05) is 31.9 Å². The van der Waals surface area contributed by atoms with Gasteiger partial charge in [-0.15, -0.1) is 11.3 Å². The van der Waals surface area contributed by atoms with Crippen LogP contribution in [0.5, 0.6) is 0 Å². The molecule has 6 nitrogen and oxygen atoms in total. The van der Waals surface area contributed by atoms with E-state index in [1.54, 1.807) is 0 Å². The number of carbonyl (C=O) groups excluding carboxylic acids is 2. The first kappa shape index (κ1) is 21.1. The molecule has 162 valence electrons. The molecule has 0 aliphatic heterocycles. The molecule has 2 amide bonds. The van der Waals surface area contributed by atoms with Gasteiger partial charge in [0.1, 0.15) is 5.00 Å². The molecule has 3 aliphatic rings. The highest BCUT2D eigenvalue weighted by atomic mass is 32.1. The molecule has 1 aromatic rings. The second kappa shape index (κ2) is 8.92. The number of thiophene rings is 1. The molecular formula is C23H30N2O4S. The molecule has 7 heteroatoms. The number of fused-ring (bicyclic) bond motifs is 1. The molecule has 0 aromatic carbocycles. The first-order valence-electron chi connectivity index (χ1n) is 11.1. The van der Waals surface area contributed by atoms with E-state index in [0.717, 1.165) is 50.5 Å².